The molecule has 2 atom stereocenters. The second-order valence-electron chi connectivity index (χ2n) is 4.60. The van der Waals surface area contributed by atoms with E-state index < -0.39 is 23.8 Å². The molecule has 112 valence electrons. The normalized spacial score (nSPS) is 21.6. The van der Waals surface area contributed by atoms with Crippen molar-refractivity contribution < 1.29 is 19.4 Å². The van der Waals surface area contributed by atoms with Crippen LogP contribution in [-0.2, 0) is 14.3 Å². The third-order valence-corrected chi connectivity index (χ3v) is 3.66. The predicted octanol–water partition coefficient (Wildman–Crippen LogP) is 2.22. The van der Waals surface area contributed by atoms with Gasteiger partial charge in [-0.25, -0.2) is 0 Å². The first-order valence-corrected chi connectivity index (χ1v) is 6.97. The van der Waals surface area contributed by atoms with Crippen LogP contribution in [-0.4, -0.2) is 36.2 Å². The Kier molecular flexibility index (Phi) is 5.22. The van der Waals surface area contributed by atoms with E-state index in [4.69, 9.17) is 33.0 Å². The lowest BCUT2D eigenvalue weighted by molar-refractivity contribution is -0.142. The van der Waals surface area contributed by atoms with E-state index in [1.165, 1.54) is 6.08 Å². The van der Waals surface area contributed by atoms with E-state index in [1.807, 2.05) is 0 Å². The van der Waals surface area contributed by atoms with Crippen molar-refractivity contribution in [3.8, 4) is 0 Å². The second-order valence-corrected chi connectivity index (χ2v) is 5.44. The molecule has 2 unspecified atom stereocenters. The maximum Gasteiger partial charge on any atom is 0.311 e. The minimum atomic E-state index is -0.984. The molecule has 0 radical (unpaired) electrons. The molecule has 0 spiro atoms. The summed E-state index contributed by atoms with van der Waals surface area (Å²) < 4.78 is 5.07. The highest BCUT2D eigenvalue weighted by Gasteiger charge is 2.34. The van der Waals surface area contributed by atoms with Gasteiger partial charge in [0.2, 0.25) is 5.91 Å². The molecule has 1 saturated heterocycles. The molecule has 1 fully saturated rings. The first kappa shape index (κ1) is 15.8. The minimum Gasteiger partial charge on any atom is -0.481 e. The van der Waals surface area contributed by atoms with Crippen molar-refractivity contribution in [2.45, 2.75) is 6.04 Å². The lowest BCUT2D eigenvalue weighted by atomic mass is 10.0. The third-order valence-electron chi connectivity index (χ3n) is 3.10. The Bertz CT molecular complexity index is 588. The summed E-state index contributed by atoms with van der Waals surface area (Å²) in [4.78, 5) is 22.8. The number of benzene rings is 1. The maximum absolute atomic E-state index is 11.8. The number of aliphatic carboxylic acids is 1. The molecule has 0 bridgehead atoms. The van der Waals surface area contributed by atoms with E-state index in [9.17, 15) is 9.59 Å². The summed E-state index contributed by atoms with van der Waals surface area (Å²) in [7, 11) is 0. The van der Waals surface area contributed by atoms with Crippen molar-refractivity contribution in [2.24, 2.45) is 5.92 Å². The second kappa shape index (κ2) is 6.93. The molecule has 1 aromatic carbocycles. The van der Waals surface area contributed by atoms with Crippen molar-refractivity contribution in [3.63, 3.8) is 0 Å². The van der Waals surface area contributed by atoms with Gasteiger partial charge in [-0.1, -0.05) is 29.3 Å². The van der Waals surface area contributed by atoms with Gasteiger partial charge >= 0.3 is 5.97 Å². The summed E-state index contributed by atoms with van der Waals surface area (Å²) in [5, 5.41) is 12.5. The van der Waals surface area contributed by atoms with E-state index in [1.54, 1.807) is 24.3 Å². The van der Waals surface area contributed by atoms with Crippen LogP contribution in [0.5, 0.6) is 0 Å². The van der Waals surface area contributed by atoms with Gasteiger partial charge in [-0.3, -0.25) is 9.59 Å². The molecule has 0 saturated carbocycles. The Labute approximate surface area is 131 Å². The first-order valence-electron chi connectivity index (χ1n) is 6.21. The van der Waals surface area contributed by atoms with Gasteiger partial charge in [-0.2, -0.15) is 0 Å². The topological polar surface area (TPSA) is 75.6 Å². The van der Waals surface area contributed by atoms with E-state index >= 15 is 0 Å². The summed E-state index contributed by atoms with van der Waals surface area (Å²) >= 11 is 11.8. The van der Waals surface area contributed by atoms with Gasteiger partial charge in [-0.05, 0) is 23.8 Å². The summed E-state index contributed by atoms with van der Waals surface area (Å²) in [5.41, 5.74) is 0.647. The quantitative estimate of drug-likeness (QED) is 0.830. The molecule has 21 heavy (non-hydrogen) atoms. The number of carbonyl (C=O) groups is 2. The zero-order valence-electron chi connectivity index (χ0n) is 10.9. The zero-order chi connectivity index (χ0) is 15.4. The monoisotopic (exact) mass is 329 g/mol. The van der Waals surface area contributed by atoms with Crippen LogP contribution in [0.4, 0.5) is 0 Å². The number of rotatable bonds is 4. The number of halogens is 2. The molecule has 1 aliphatic heterocycles. The van der Waals surface area contributed by atoms with Crippen LogP contribution in [0.3, 0.4) is 0 Å². The first-order chi connectivity index (χ1) is 9.97. The van der Waals surface area contributed by atoms with Crippen LogP contribution >= 0.6 is 23.2 Å². The highest BCUT2D eigenvalue weighted by molar-refractivity contribution is 6.35. The lowest BCUT2D eigenvalue weighted by Crippen LogP contribution is -2.41. The van der Waals surface area contributed by atoms with E-state index in [-0.39, 0.29) is 13.2 Å². The fourth-order valence-electron chi connectivity index (χ4n) is 1.97. The summed E-state index contributed by atoms with van der Waals surface area (Å²) in [5.74, 6) is -2.10. The zero-order valence-corrected chi connectivity index (χ0v) is 12.4. The Morgan fingerprint density at radius 3 is 2.76 bits per heavy atom. The molecule has 2 rings (SSSR count). The Morgan fingerprint density at radius 2 is 2.10 bits per heavy atom. The van der Waals surface area contributed by atoms with Crippen LogP contribution in [0, 0.1) is 5.92 Å². The molecular formula is C14H13Cl2NO4. The standard InChI is InChI=1S/C14H13Cl2NO4/c15-9-3-1-8(11(16)5-9)2-4-13(18)17-12-7-21-6-10(12)14(19)20/h1-5,10,12H,6-7H2,(H,17,18)(H,19,20). The molecule has 5 nitrogen and oxygen atoms in total. The smallest absolute Gasteiger partial charge is 0.311 e. The predicted molar refractivity (Wildman–Crippen MR) is 79.4 cm³/mol. The van der Waals surface area contributed by atoms with Crippen molar-refractivity contribution in [1.82, 2.24) is 5.32 Å². The van der Waals surface area contributed by atoms with Gasteiger partial charge in [0.1, 0.15) is 5.92 Å². The van der Waals surface area contributed by atoms with Crippen LogP contribution in [0.15, 0.2) is 24.3 Å². The van der Waals surface area contributed by atoms with Crippen LogP contribution in [0.1, 0.15) is 5.56 Å². The Balaban J connectivity index is 1.98. The van der Waals surface area contributed by atoms with Gasteiger partial charge < -0.3 is 15.2 Å². The summed E-state index contributed by atoms with van der Waals surface area (Å²) in [6.45, 7) is 0.297. The minimum absolute atomic E-state index is 0.104. The lowest BCUT2D eigenvalue weighted by Gasteiger charge is -2.14. The van der Waals surface area contributed by atoms with Gasteiger partial charge in [0.05, 0.1) is 19.3 Å². The number of carboxylic acid groups (broad SMARTS) is 1. The molecule has 7 heteroatoms. The third kappa shape index (κ3) is 4.20. The SMILES string of the molecule is O=C(C=Cc1ccc(Cl)cc1Cl)NC1COCC1C(=O)O. The van der Waals surface area contributed by atoms with Crippen LogP contribution in [0.2, 0.25) is 10.0 Å². The number of amides is 1. The molecule has 1 aliphatic rings. The van der Waals surface area contributed by atoms with Crippen molar-refractivity contribution >= 4 is 41.2 Å². The fraction of sp³-hybridized carbons (Fsp3) is 0.286. The molecule has 0 aliphatic carbocycles. The highest BCUT2D eigenvalue weighted by Crippen LogP contribution is 2.22. The van der Waals surface area contributed by atoms with Crippen molar-refractivity contribution in [1.29, 1.82) is 0 Å². The Hall–Kier alpha value is -1.56. The molecule has 2 N–H and O–H groups in total. The molecule has 0 aromatic heterocycles. The van der Waals surface area contributed by atoms with E-state index in [2.05, 4.69) is 5.32 Å². The van der Waals surface area contributed by atoms with Crippen molar-refractivity contribution in [3.05, 3.63) is 39.9 Å². The van der Waals surface area contributed by atoms with Gasteiger partial charge in [0, 0.05) is 16.1 Å². The number of hydrogen-bond acceptors (Lipinski definition) is 3. The average molecular weight is 330 g/mol. The van der Waals surface area contributed by atoms with Gasteiger partial charge in [0.25, 0.3) is 0 Å². The van der Waals surface area contributed by atoms with Gasteiger partial charge in [0.15, 0.2) is 0 Å². The Morgan fingerprint density at radius 1 is 1.33 bits per heavy atom. The van der Waals surface area contributed by atoms with Crippen LogP contribution < -0.4 is 5.32 Å². The number of ether oxygens (including phenoxy) is 1. The number of carboxylic acids is 1. The molecule has 1 heterocycles. The average Bonchev–Trinajstić information content (AvgIpc) is 2.86. The number of carbonyl (C=O) groups excluding carboxylic acids is 1. The summed E-state index contributed by atoms with van der Waals surface area (Å²) in [6.07, 6.45) is 2.84. The largest absolute Gasteiger partial charge is 0.481 e. The van der Waals surface area contributed by atoms with E-state index in [0.717, 1.165) is 0 Å². The van der Waals surface area contributed by atoms with E-state index in [0.29, 0.717) is 15.6 Å². The maximum atomic E-state index is 11.8. The molecular weight excluding hydrogens is 317 g/mol. The van der Waals surface area contributed by atoms with Crippen molar-refractivity contribution in [2.75, 3.05) is 13.2 Å². The summed E-state index contributed by atoms with van der Waals surface area (Å²) in [6, 6.07) is 4.40. The number of nitrogens with one attached hydrogen (secondary N) is 1. The highest BCUT2D eigenvalue weighted by atomic mass is 35.5. The fourth-order valence-corrected chi connectivity index (χ4v) is 2.44. The molecule has 1 aromatic rings. The van der Waals surface area contributed by atoms with Gasteiger partial charge in [-0.15, -0.1) is 0 Å². The van der Waals surface area contributed by atoms with Crippen LogP contribution in [0.25, 0.3) is 6.08 Å². The number of hydrogen-bond donors (Lipinski definition) is 2. The molecule has 1 amide bonds.